The van der Waals surface area contributed by atoms with Crippen LogP contribution >= 0.6 is 0 Å². The molecule has 0 unspecified atom stereocenters. The third kappa shape index (κ3) is 7.23. The van der Waals surface area contributed by atoms with E-state index >= 15 is 0 Å². The highest BCUT2D eigenvalue weighted by Crippen LogP contribution is 2.46. The van der Waals surface area contributed by atoms with Crippen molar-refractivity contribution in [2.24, 2.45) is 11.3 Å². The lowest BCUT2D eigenvalue weighted by molar-refractivity contribution is -0.143. The lowest BCUT2D eigenvalue weighted by Crippen LogP contribution is -2.49. The van der Waals surface area contributed by atoms with Gasteiger partial charge in [-0.05, 0) is 80.1 Å². The highest BCUT2D eigenvalue weighted by Gasteiger charge is 2.45. The number of piperidine rings is 1. The summed E-state index contributed by atoms with van der Waals surface area (Å²) in [6.45, 7) is 1.78. The molecule has 0 spiro atoms. The van der Waals surface area contributed by atoms with Crippen LogP contribution in [0.25, 0.3) is 0 Å². The van der Waals surface area contributed by atoms with Gasteiger partial charge < -0.3 is 15.0 Å². The van der Waals surface area contributed by atoms with E-state index in [9.17, 15) is 35.9 Å². The van der Waals surface area contributed by atoms with E-state index in [0.29, 0.717) is 56.8 Å². The van der Waals surface area contributed by atoms with Crippen LogP contribution < -0.4 is 10.1 Å². The minimum Gasteiger partial charge on any atom is -0.486 e. The number of carbonyl (C=O) groups excluding carboxylic acids is 2. The molecule has 0 atom stereocenters. The Balaban J connectivity index is 1.21. The van der Waals surface area contributed by atoms with Gasteiger partial charge in [-0.1, -0.05) is 25.0 Å². The molecule has 2 heterocycles. The van der Waals surface area contributed by atoms with Gasteiger partial charge in [0.1, 0.15) is 12.4 Å². The number of likely N-dealkylation sites (tertiary alicyclic amines) is 1. The van der Waals surface area contributed by atoms with Gasteiger partial charge in [-0.2, -0.15) is 26.3 Å². The van der Waals surface area contributed by atoms with Crippen molar-refractivity contribution in [2.45, 2.75) is 63.8 Å². The number of rotatable bonds is 8. The largest absolute Gasteiger partial charge is 0.486 e. The molecule has 5 rings (SSSR count). The SMILES string of the molecule is O=C1COc2ccc(CCN3CCC(CC4CC4)(C(=O)NCc4cc(C(F)(F)F)cc(C(F)(F)F)c4)CC3)cc2C1. The molecule has 5 nitrogen and oxygen atoms in total. The number of halogens is 6. The summed E-state index contributed by atoms with van der Waals surface area (Å²) in [5.74, 6) is 0.888. The van der Waals surface area contributed by atoms with Gasteiger partial charge in [0, 0.05) is 25.1 Å². The fourth-order valence-corrected chi connectivity index (χ4v) is 5.87. The van der Waals surface area contributed by atoms with Crippen LogP contribution in [0.3, 0.4) is 0 Å². The molecule has 41 heavy (non-hydrogen) atoms. The fourth-order valence-electron chi connectivity index (χ4n) is 5.87. The predicted molar refractivity (Wildman–Crippen MR) is 138 cm³/mol. The molecule has 2 fully saturated rings. The van der Waals surface area contributed by atoms with Gasteiger partial charge >= 0.3 is 12.4 Å². The number of ether oxygens (including phenoxy) is 1. The molecule has 222 valence electrons. The molecule has 3 aliphatic rings. The lowest BCUT2D eigenvalue weighted by atomic mass is 9.73. The van der Waals surface area contributed by atoms with E-state index in [1.165, 1.54) is 0 Å². The molecular weight excluding hydrogens is 550 g/mol. The summed E-state index contributed by atoms with van der Waals surface area (Å²) < 4.78 is 85.0. The Bertz CT molecular complexity index is 1260. The standard InChI is InChI=1S/C30H32F6N2O3/c31-29(32,33)23-12-21(13-24(15-23)30(34,35)36)17-37-27(40)28(16-20-1-2-20)6-9-38(10-7-28)8-5-19-3-4-26-22(11-19)14-25(39)18-41-26/h3-4,11-13,15,20H,1-2,5-10,14,16-18H2,(H,37,40). The zero-order valence-electron chi connectivity index (χ0n) is 22.5. The van der Waals surface area contributed by atoms with Crippen molar-refractivity contribution in [2.75, 3.05) is 26.2 Å². The molecule has 2 aromatic rings. The van der Waals surface area contributed by atoms with Crippen LogP contribution in [-0.2, 0) is 41.3 Å². The monoisotopic (exact) mass is 582 g/mol. The highest BCUT2D eigenvalue weighted by atomic mass is 19.4. The fraction of sp³-hybridized carbons (Fsp3) is 0.533. The number of hydrogen-bond donors (Lipinski definition) is 1. The van der Waals surface area contributed by atoms with Gasteiger partial charge in [-0.25, -0.2) is 0 Å². The average molecular weight is 583 g/mol. The normalized spacial score (nSPS) is 19.4. The van der Waals surface area contributed by atoms with E-state index in [1.54, 1.807) is 0 Å². The molecular formula is C30H32F6N2O3. The average Bonchev–Trinajstić information content (AvgIpc) is 3.73. The van der Waals surface area contributed by atoms with Crippen LogP contribution in [-0.4, -0.2) is 42.8 Å². The molecule has 11 heteroatoms. The molecule has 1 saturated heterocycles. The van der Waals surface area contributed by atoms with Crippen molar-refractivity contribution >= 4 is 11.7 Å². The number of Topliss-reactive ketones (excluding diaryl/α,β-unsaturated/α-hetero) is 1. The number of benzene rings is 2. The van der Waals surface area contributed by atoms with E-state index in [2.05, 4.69) is 10.2 Å². The molecule has 0 bridgehead atoms. The second-order valence-electron chi connectivity index (χ2n) is 11.6. The van der Waals surface area contributed by atoms with Crippen LogP contribution in [0, 0.1) is 11.3 Å². The predicted octanol–water partition coefficient (Wildman–Crippen LogP) is 5.97. The molecule has 0 radical (unpaired) electrons. The zero-order chi connectivity index (χ0) is 29.4. The number of carbonyl (C=O) groups is 2. The van der Waals surface area contributed by atoms with Crippen LogP contribution in [0.15, 0.2) is 36.4 Å². The number of nitrogens with zero attached hydrogens (tertiary/aromatic N) is 1. The van der Waals surface area contributed by atoms with Gasteiger partial charge in [0.2, 0.25) is 5.91 Å². The Morgan fingerprint density at radius 1 is 0.951 bits per heavy atom. The van der Waals surface area contributed by atoms with Gasteiger partial charge in [0.05, 0.1) is 16.5 Å². The van der Waals surface area contributed by atoms with Gasteiger partial charge in [0.25, 0.3) is 0 Å². The highest BCUT2D eigenvalue weighted by molar-refractivity contribution is 5.84. The molecule has 1 saturated carbocycles. The van der Waals surface area contributed by atoms with E-state index in [0.717, 1.165) is 42.7 Å². The van der Waals surface area contributed by atoms with Gasteiger partial charge in [0.15, 0.2) is 5.78 Å². The first-order valence-corrected chi connectivity index (χ1v) is 13.9. The smallest absolute Gasteiger partial charge is 0.416 e. The van der Waals surface area contributed by atoms with Crippen LogP contribution in [0.1, 0.15) is 59.9 Å². The minimum atomic E-state index is -4.94. The van der Waals surface area contributed by atoms with Crippen LogP contribution in [0.2, 0.25) is 0 Å². The molecule has 1 aliphatic carbocycles. The third-order valence-corrected chi connectivity index (χ3v) is 8.39. The molecule has 2 aliphatic heterocycles. The van der Waals surface area contributed by atoms with E-state index in [4.69, 9.17) is 4.74 Å². The van der Waals surface area contributed by atoms with Gasteiger partial charge in [-0.3, -0.25) is 9.59 Å². The third-order valence-electron chi connectivity index (χ3n) is 8.39. The van der Waals surface area contributed by atoms with Crippen LogP contribution in [0.5, 0.6) is 5.75 Å². The molecule has 1 N–H and O–H groups in total. The summed E-state index contributed by atoms with van der Waals surface area (Å²) in [7, 11) is 0. The van der Waals surface area contributed by atoms with Crippen molar-refractivity contribution in [3.05, 3.63) is 64.2 Å². The maximum Gasteiger partial charge on any atom is 0.416 e. The van der Waals surface area contributed by atoms with Crippen LogP contribution in [0.4, 0.5) is 26.3 Å². The maximum atomic E-state index is 13.5. The Morgan fingerprint density at radius 2 is 1.61 bits per heavy atom. The molecule has 0 aromatic heterocycles. The van der Waals surface area contributed by atoms with Crippen molar-refractivity contribution in [1.29, 1.82) is 0 Å². The second kappa shape index (κ2) is 11.3. The molecule has 2 aromatic carbocycles. The first kappa shape index (κ1) is 29.4. The first-order chi connectivity index (χ1) is 19.3. The summed E-state index contributed by atoms with van der Waals surface area (Å²) in [5, 5.41) is 2.67. The lowest BCUT2D eigenvalue weighted by Gasteiger charge is -2.41. The Labute approximate surface area is 234 Å². The van der Waals surface area contributed by atoms with Crippen molar-refractivity contribution < 1.29 is 40.7 Å². The summed E-state index contributed by atoms with van der Waals surface area (Å²) >= 11 is 0. The number of alkyl halides is 6. The summed E-state index contributed by atoms with van der Waals surface area (Å²) in [4.78, 5) is 27.4. The number of amides is 1. The molecule has 1 amide bonds. The topological polar surface area (TPSA) is 58.6 Å². The zero-order valence-corrected chi connectivity index (χ0v) is 22.5. The summed E-state index contributed by atoms with van der Waals surface area (Å²) in [5.41, 5.74) is -1.74. The Hall–Kier alpha value is -3.08. The van der Waals surface area contributed by atoms with E-state index < -0.39 is 35.4 Å². The summed E-state index contributed by atoms with van der Waals surface area (Å²) in [6, 6.07) is 7.29. The second-order valence-corrected chi connectivity index (χ2v) is 11.6. The maximum absolute atomic E-state index is 13.5. The van der Waals surface area contributed by atoms with Crippen molar-refractivity contribution in [1.82, 2.24) is 10.2 Å². The first-order valence-electron chi connectivity index (χ1n) is 13.9. The van der Waals surface area contributed by atoms with E-state index in [1.807, 2.05) is 18.2 Å². The Kier molecular flexibility index (Phi) is 8.11. The van der Waals surface area contributed by atoms with Crippen molar-refractivity contribution in [3.63, 3.8) is 0 Å². The number of hydrogen-bond acceptors (Lipinski definition) is 4. The van der Waals surface area contributed by atoms with Crippen molar-refractivity contribution in [3.8, 4) is 5.75 Å². The van der Waals surface area contributed by atoms with Gasteiger partial charge in [-0.15, -0.1) is 0 Å². The summed E-state index contributed by atoms with van der Waals surface area (Å²) in [6.07, 6.45) is -4.91. The number of fused-ring (bicyclic) bond motifs is 1. The number of ketones is 1. The van der Waals surface area contributed by atoms with E-state index in [-0.39, 0.29) is 29.9 Å². The Morgan fingerprint density at radius 3 is 2.22 bits per heavy atom. The number of nitrogens with one attached hydrogen (secondary N) is 1. The minimum absolute atomic E-state index is 0.0461. The quantitative estimate of drug-likeness (QED) is 0.390.